The highest BCUT2D eigenvalue weighted by Crippen LogP contribution is 2.28. The van der Waals surface area contributed by atoms with Gasteiger partial charge in [0.25, 0.3) is 0 Å². The Labute approximate surface area is 106 Å². The van der Waals surface area contributed by atoms with Crippen molar-refractivity contribution in [1.82, 2.24) is 4.98 Å². The first-order chi connectivity index (χ1) is 8.49. The third kappa shape index (κ3) is 2.47. The largest absolute Gasteiger partial charge is 0.383 e. The second-order valence-corrected chi connectivity index (χ2v) is 4.03. The molecule has 18 heavy (non-hydrogen) atoms. The van der Waals surface area contributed by atoms with E-state index in [1.807, 2.05) is 0 Å². The van der Waals surface area contributed by atoms with Gasteiger partial charge in [-0.2, -0.15) is 0 Å². The van der Waals surface area contributed by atoms with Gasteiger partial charge in [-0.3, -0.25) is 4.98 Å². The number of hydrogen-bond donors (Lipinski definition) is 1. The quantitative estimate of drug-likeness (QED) is 0.852. The fourth-order valence-electron chi connectivity index (χ4n) is 1.50. The Morgan fingerprint density at radius 3 is 2.44 bits per heavy atom. The average molecular weight is 274 g/mol. The Balaban J connectivity index is 2.46. The predicted octanol–water partition coefficient (Wildman–Crippen LogP) is 3.23. The van der Waals surface area contributed by atoms with Gasteiger partial charge in [0.1, 0.15) is 23.6 Å². The summed E-state index contributed by atoms with van der Waals surface area (Å²) in [6.45, 7) is 0. The molecule has 0 bridgehead atoms. The highest BCUT2D eigenvalue weighted by molar-refractivity contribution is 6.30. The van der Waals surface area contributed by atoms with Gasteiger partial charge in [0.15, 0.2) is 0 Å². The summed E-state index contributed by atoms with van der Waals surface area (Å²) < 4.78 is 39.7. The number of hydrogen-bond acceptors (Lipinski definition) is 2. The van der Waals surface area contributed by atoms with Gasteiger partial charge in [0.2, 0.25) is 0 Å². The van der Waals surface area contributed by atoms with Crippen molar-refractivity contribution in [2.24, 2.45) is 0 Å². The number of halogens is 4. The maximum Gasteiger partial charge on any atom is 0.142 e. The Morgan fingerprint density at radius 1 is 1.06 bits per heavy atom. The summed E-state index contributed by atoms with van der Waals surface area (Å²) >= 11 is 5.39. The van der Waals surface area contributed by atoms with Crippen molar-refractivity contribution in [2.75, 3.05) is 0 Å². The highest BCUT2D eigenvalue weighted by atomic mass is 35.5. The molecule has 6 heteroatoms. The molecule has 1 N–H and O–H groups in total. The van der Waals surface area contributed by atoms with Crippen LogP contribution in [-0.4, -0.2) is 10.1 Å². The summed E-state index contributed by atoms with van der Waals surface area (Å²) in [4.78, 5) is 3.52. The van der Waals surface area contributed by atoms with Crippen LogP contribution in [0.15, 0.2) is 30.6 Å². The molecule has 0 spiro atoms. The van der Waals surface area contributed by atoms with E-state index in [0.29, 0.717) is 0 Å². The van der Waals surface area contributed by atoms with Crippen molar-refractivity contribution in [2.45, 2.75) is 6.10 Å². The van der Waals surface area contributed by atoms with Gasteiger partial charge in [-0.05, 0) is 18.2 Å². The molecule has 0 saturated heterocycles. The van der Waals surface area contributed by atoms with Gasteiger partial charge in [0, 0.05) is 17.3 Å². The lowest BCUT2D eigenvalue weighted by Crippen LogP contribution is -2.04. The molecule has 0 aliphatic heterocycles. The van der Waals surface area contributed by atoms with Crippen molar-refractivity contribution in [3.05, 3.63) is 64.2 Å². The van der Waals surface area contributed by atoms with Crippen LogP contribution >= 0.6 is 11.6 Å². The van der Waals surface area contributed by atoms with E-state index in [0.717, 1.165) is 24.4 Å². The predicted molar refractivity (Wildman–Crippen MR) is 59.6 cm³/mol. The third-order valence-electron chi connectivity index (χ3n) is 2.38. The van der Waals surface area contributed by atoms with Crippen LogP contribution in [0.3, 0.4) is 0 Å². The number of nitrogens with zero attached hydrogens (tertiary/aromatic N) is 1. The molecular weight excluding hydrogens is 267 g/mol. The van der Waals surface area contributed by atoms with Gasteiger partial charge < -0.3 is 5.11 Å². The molecule has 0 aliphatic rings. The minimum absolute atomic E-state index is 0.0237. The van der Waals surface area contributed by atoms with Crippen LogP contribution in [0, 0.1) is 17.5 Å². The summed E-state index contributed by atoms with van der Waals surface area (Å²) in [6, 6.07) is 2.51. The normalized spacial score (nSPS) is 12.5. The Hall–Kier alpha value is -1.59. The highest BCUT2D eigenvalue weighted by Gasteiger charge is 2.18. The van der Waals surface area contributed by atoms with Crippen LogP contribution < -0.4 is 0 Å². The van der Waals surface area contributed by atoms with Crippen LogP contribution in [0.5, 0.6) is 0 Å². The minimum Gasteiger partial charge on any atom is -0.383 e. The molecule has 1 atom stereocenters. The van der Waals surface area contributed by atoms with Crippen LogP contribution in [0.4, 0.5) is 13.2 Å². The maximum absolute atomic E-state index is 13.5. The molecule has 1 aromatic heterocycles. The molecule has 0 saturated carbocycles. The number of aromatic nitrogens is 1. The van der Waals surface area contributed by atoms with Gasteiger partial charge in [-0.1, -0.05) is 11.6 Å². The zero-order valence-electron chi connectivity index (χ0n) is 8.87. The number of aliphatic hydroxyl groups is 1. The van der Waals surface area contributed by atoms with Crippen molar-refractivity contribution in [3.8, 4) is 0 Å². The van der Waals surface area contributed by atoms with Crippen molar-refractivity contribution < 1.29 is 18.3 Å². The maximum atomic E-state index is 13.5. The van der Waals surface area contributed by atoms with Crippen LogP contribution in [0.2, 0.25) is 5.02 Å². The molecule has 2 aromatic rings. The Morgan fingerprint density at radius 2 is 1.78 bits per heavy atom. The van der Waals surface area contributed by atoms with Crippen LogP contribution in [-0.2, 0) is 0 Å². The van der Waals surface area contributed by atoms with E-state index in [9.17, 15) is 18.3 Å². The number of rotatable bonds is 2. The van der Waals surface area contributed by atoms with Gasteiger partial charge in [-0.15, -0.1) is 0 Å². The first-order valence-electron chi connectivity index (χ1n) is 4.92. The van der Waals surface area contributed by atoms with Gasteiger partial charge in [0.05, 0.1) is 11.2 Å². The summed E-state index contributed by atoms with van der Waals surface area (Å²) in [5.41, 5.74) is -0.306. The van der Waals surface area contributed by atoms with E-state index in [1.165, 1.54) is 6.20 Å². The van der Waals surface area contributed by atoms with Gasteiger partial charge in [-0.25, -0.2) is 13.2 Å². The van der Waals surface area contributed by atoms with E-state index < -0.39 is 23.6 Å². The van der Waals surface area contributed by atoms with E-state index in [-0.39, 0.29) is 16.1 Å². The lowest BCUT2D eigenvalue weighted by atomic mass is 10.0. The van der Waals surface area contributed by atoms with Crippen molar-refractivity contribution in [3.63, 3.8) is 0 Å². The summed E-state index contributed by atoms with van der Waals surface area (Å²) in [5, 5.41) is 9.47. The number of pyridine rings is 1. The lowest BCUT2D eigenvalue weighted by molar-refractivity contribution is 0.213. The van der Waals surface area contributed by atoms with E-state index in [1.54, 1.807) is 0 Å². The van der Waals surface area contributed by atoms with E-state index in [2.05, 4.69) is 4.98 Å². The number of benzene rings is 1. The Kier molecular flexibility index (Phi) is 3.54. The fourth-order valence-corrected chi connectivity index (χ4v) is 1.66. The van der Waals surface area contributed by atoms with Crippen molar-refractivity contribution >= 4 is 11.6 Å². The molecule has 0 aliphatic carbocycles. The summed E-state index contributed by atoms with van der Waals surface area (Å²) in [5.74, 6) is -2.42. The monoisotopic (exact) mass is 273 g/mol. The SMILES string of the molecule is OC(c1cncc(F)c1)c1cc(F)c(Cl)cc1F. The molecule has 2 nitrogen and oxygen atoms in total. The van der Waals surface area contributed by atoms with E-state index in [4.69, 9.17) is 11.6 Å². The molecular formula is C12H7ClF3NO. The molecule has 1 aromatic carbocycles. The zero-order valence-corrected chi connectivity index (χ0v) is 9.63. The molecule has 1 heterocycles. The first-order valence-corrected chi connectivity index (χ1v) is 5.30. The van der Waals surface area contributed by atoms with Crippen LogP contribution in [0.25, 0.3) is 0 Å². The van der Waals surface area contributed by atoms with E-state index >= 15 is 0 Å². The summed E-state index contributed by atoms with van der Waals surface area (Å²) in [7, 11) is 0. The smallest absolute Gasteiger partial charge is 0.142 e. The molecule has 1 unspecified atom stereocenters. The average Bonchev–Trinajstić information content (AvgIpc) is 2.33. The fraction of sp³-hybridized carbons (Fsp3) is 0.0833. The molecule has 0 amide bonds. The topological polar surface area (TPSA) is 33.1 Å². The minimum atomic E-state index is -1.51. The number of aliphatic hydroxyl groups excluding tert-OH is 1. The molecule has 0 radical (unpaired) electrons. The second-order valence-electron chi connectivity index (χ2n) is 3.63. The zero-order chi connectivity index (χ0) is 13.3. The molecule has 0 fully saturated rings. The lowest BCUT2D eigenvalue weighted by Gasteiger charge is -2.12. The molecule has 2 rings (SSSR count). The summed E-state index contributed by atoms with van der Waals surface area (Å²) in [6.07, 6.45) is 0.592. The van der Waals surface area contributed by atoms with Crippen molar-refractivity contribution in [1.29, 1.82) is 0 Å². The standard InChI is InChI=1S/C12H7ClF3NO/c13-9-3-10(15)8(2-11(9)16)12(18)6-1-7(14)5-17-4-6/h1-5,12,18H. The second kappa shape index (κ2) is 4.96. The molecule has 94 valence electrons. The van der Waals surface area contributed by atoms with Crippen LogP contribution in [0.1, 0.15) is 17.2 Å². The third-order valence-corrected chi connectivity index (χ3v) is 2.67. The Bertz CT molecular complexity index is 592. The van der Waals surface area contributed by atoms with Gasteiger partial charge >= 0.3 is 0 Å². The first kappa shape index (κ1) is 12.9.